The van der Waals surface area contributed by atoms with Crippen LogP contribution >= 0.6 is 0 Å². The zero-order chi connectivity index (χ0) is 23.2. The Hall–Kier alpha value is -4.05. The first kappa shape index (κ1) is 22.2. The molecule has 33 heavy (non-hydrogen) atoms. The second kappa shape index (κ2) is 10.0. The van der Waals surface area contributed by atoms with Gasteiger partial charge in [-0.3, -0.25) is 19.8 Å². The number of benzene rings is 2. The van der Waals surface area contributed by atoms with Gasteiger partial charge in [-0.1, -0.05) is 30.3 Å². The van der Waals surface area contributed by atoms with Gasteiger partial charge in [0.1, 0.15) is 6.33 Å². The number of nitrogens with one attached hydrogen (secondary N) is 2. The van der Waals surface area contributed by atoms with Crippen LogP contribution in [0, 0.1) is 10.1 Å². The first-order chi connectivity index (χ1) is 16.0. The summed E-state index contributed by atoms with van der Waals surface area (Å²) in [5.74, 6) is 0.270. The molecule has 1 aliphatic heterocycles. The van der Waals surface area contributed by atoms with E-state index >= 15 is 0 Å². The maximum Gasteiger partial charge on any atom is 0.353 e. The van der Waals surface area contributed by atoms with Gasteiger partial charge in [0.05, 0.1) is 4.92 Å². The van der Waals surface area contributed by atoms with Crippen LogP contribution in [0.5, 0.6) is 0 Å². The van der Waals surface area contributed by atoms with Gasteiger partial charge in [0, 0.05) is 51.0 Å². The highest BCUT2D eigenvalue weighted by molar-refractivity contribution is 5.89. The molecule has 2 heterocycles. The second-order valence-corrected chi connectivity index (χ2v) is 7.78. The lowest BCUT2D eigenvalue weighted by atomic mass is 10.2. The van der Waals surface area contributed by atoms with E-state index in [0.29, 0.717) is 30.3 Å². The molecule has 0 bridgehead atoms. The van der Waals surface area contributed by atoms with Crippen molar-refractivity contribution in [3.05, 3.63) is 76.6 Å². The molecule has 2 N–H and O–H groups in total. The number of rotatable bonds is 7. The van der Waals surface area contributed by atoms with Crippen LogP contribution in [0.4, 0.5) is 28.7 Å². The number of nitro groups is 1. The summed E-state index contributed by atoms with van der Waals surface area (Å²) in [5.41, 5.74) is 2.35. The molecule has 1 amide bonds. The maximum absolute atomic E-state index is 12.0. The van der Waals surface area contributed by atoms with Crippen molar-refractivity contribution in [2.75, 3.05) is 41.7 Å². The van der Waals surface area contributed by atoms with Crippen molar-refractivity contribution < 1.29 is 9.72 Å². The Labute approximate surface area is 191 Å². The molecule has 0 spiro atoms. The zero-order valence-electron chi connectivity index (χ0n) is 18.3. The molecular formula is C23H25N7O3. The van der Waals surface area contributed by atoms with Crippen LogP contribution in [-0.4, -0.2) is 51.9 Å². The molecule has 1 fully saturated rings. The van der Waals surface area contributed by atoms with Crippen molar-refractivity contribution in [3.8, 4) is 0 Å². The summed E-state index contributed by atoms with van der Waals surface area (Å²) in [6.07, 6.45) is 1.34. The predicted molar refractivity (Wildman–Crippen MR) is 127 cm³/mol. The van der Waals surface area contributed by atoms with Gasteiger partial charge in [0.15, 0.2) is 0 Å². The van der Waals surface area contributed by atoms with Crippen molar-refractivity contribution in [3.63, 3.8) is 0 Å². The monoisotopic (exact) mass is 447 g/mol. The van der Waals surface area contributed by atoms with E-state index in [1.807, 2.05) is 23.1 Å². The molecule has 0 unspecified atom stereocenters. The third-order valence-electron chi connectivity index (χ3n) is 5.37. The fourth-order valence-electron chi connectivity index (χ4n) is 3.80. The summed E-state index contributed by atoms with van der Waals surface area (Å²) in [5, 5.41) is 17.7. The minimum atomic E-state index is -0.445. The molecular weight excluding hydrogens is 422 g/mol. The Morgan fingerprint density at radius 2 is 1.67 bits per heavy atom. The van der Waals surface area contributed by atoms with E-state index in [9.17, 15) is 14.9 Å². The van der Waals surface area contributed by atoms with E-state index in [1.165, 1.54) is 18.8 Å². The number of amides is 1. The Kier molecular flexibility index (Phi) is 6.75. The van der Waals surface area contributed by atoms with Gasteiger partial charge in [-0.05, 0) is 29.8 Å². The molecule has 10 nitrogen and oxygen atoms in total. The maximum atomic E-state index is 12.0. The molecule has 170 valence electrons. The minimum absolute atomic E-state index is 0.129. The van der Waals surface area contributed by atoms with Gasteiger partial charge in [0.2, 0.25) is 17.5 Å². The predicted octanol–water partition coefficient (Wildman–Crippen LogP) is 3.41. The van der Waals surface area contributed by atoms with Crippen LogP contribution in [0.1, 0.15) is 12.5 Å². The van der Waals surface area contributed by atoms with E-state index in [-0.39, 0.29) is 17.4 Å². The number of carbonyl (C=O) groups is 1. The van der Waals surface area contributed by atoms with E-state index < -0.39 is 4.92 Å². The molecule has 3 aromatic rings. The quantitative estimate of drug-likeness (QED) is 0.418. The molecule has 0 aliphatic carbocycles. The summed E-state index contributed by atoms with van der Waals surface area (Å²) >= 11 is 0. The van der Waals surface area contributed by atoms with Gasteiger partial charge in [-0.15, -0.1) is 0 Å². The van der Waals surface area contributed by atoms with E-state index in [2.05, 4.69) is 37.6 Å². The first-order valence-corrected chi connectivity index (χ1v) is 10.6. The third kappa shape index (κ3) is 5.60. The van der Waals surface area contributed by atoms with Crippen molar-refractivity contribution >= 4 is 34.6 Å². The highest BCUT2D eigenvalue weighted by Gasteiger charge is 2.29. The largest absolute Gasteiger partial charge is 0.353 e. The Bertz CT molecular complexity index is 1110. The number of hydrogen-bond donors (Lipinski definition) is 2. The topological polar surface area (TPSA) is 117 Å². The number of carbonyl (C=O) groups excluding carboxylic acids is 1. The summed E-state index contributed by atoms with van der Waals surface area (Å²) in [4.78, 5) is 35.3. The molecule has 1 aliphatic rings. The van der Waals surface area contributed by atoms with Crippen LogP contribution in [-0.2, 0) is 11.3 Å². The SMILES string of the molecule is CC(=O)Nc1ccc(Nc2ncnc(N3CCN(Cc4ccccc4)CC3)c2[N+](=O)[O-])cc1. The molecule has 2 aromatic carbocycles. The molecule has 1 saturated heterocycles. The Morgan fingerprint density at radius 3 is 2.30 bits per heavy atom. The molecule has 0 radical (unpaired) electrons. The fourth-order valence-corrected chi connectivity index (χ4v) is 3.80. The van der Waals surface area contributed by atoms with Crippen LogP contribution in [0.3, 0.4) is 0 Å². The van der Waals surface area contributed by atoms with Crippen LogP contribution < -0.4 is 15.5 Å². The molecule has 0 atom stereocenters. The van der Waals surface area contributed by atoms with Crippen LogP contribution in [0.2, 0.25) is 0 Å². The van der Waals surface area contributed by atoms with Crippen molar-refractivity contribution in [2.45, 2.75) is 13.5 Å². The number of anilines is 4. The van der Waals surface area contributed by atoms with Crippen molar-refractivity contribution in [2.24, 2.45) is 0 Å². The minimum Gasteiger partial charge on any atom is -0.348 e. The average molecular weight is 447 g/mol. The van der Waals surface area contributed by atoms with Gasteiger partial charge in [-0.2, -0.15) is 0 Å². The third-order valence-corrected chi connectivity index (χ3v) is 5.37. The van der Waals surface area contributed by atoms with Crippen molar-refractivity contribution in [1.82, 2.24) is 14.9 Å². The summed E-state index contributed by atoms with van der Waals surface area (Å²) < 4.78 is 0. The van der Waals surface area contributed by atoms with Gasteiger partial charge in [-0.25, -0.2) is 9.97 Å². The van der Waals surface area contributed by atoms with Gasteiger partial charge < -0.3 is 15.5 Å². The number of aromatic nitrogens is 2. The van der Waals surface area contributed by atoms with Crippen LogP contribution in [0.15, 0.2) is 60.9 Å². The molecule has 1 aromatic heterocycles. The van der Waals surface area contributed by atoms with Crippen LogP contribution in [0.25, 0.3) is 0 Å². The van der Waals surface area contributed by atoms with E-state index in [0.717, 1.165) is 19.6 Å². The molecule has 10 heteroatoms. The van der Waals surface area contributed by atoms with Crippen molar-refractivity contribution in [1.29, 1.82) is 0 Å². The highest BCUT2D eigenvalue weighted by atomic mass is 16.6. The molecule has 0 saturated carbocycles. The lowest BCUT2D eigenvalue weighted by Gasteiger charge is -2.35. The lowest BCUT2D eigenvalue weighted by molar-refractivity contribution is -0.383. The molecule has 4 rings (SSSR count). The smallest absolute Gasteiger partial charge is 0.348 e. The van der Waals surface area contributed by atoms with Gasteiger partial charge in [0.25, 0.3) is 0 Å². The fraction of sp³-hybridized carbons (Fsp3) is 0.261. The summed E-state index contributed by atoms with van der Waals surface area (Å²) in [7, 11) is 0. The van der Waals surface area contributed by atoms with E-state index in [4.69, 9.17) is 0 Å². The van der Waals surface area contributed by atoms with E-state index in [1.54, 1.807) is 24.3 Å². The zero-order valence-corrected chi connectivity index (χ0v) is 18.3. The lowest BCUT2D eigenvalue weighted by Crippen LogP contribution is -2.46. The average Bonchev–Trinajstić information content (AvgIpc) is 2.81. The normalized spacial score (nSPS) is 14.0. The number of piperazine rings is 1. The first-order valence-electron chi connectivity index (χ1n) is 10.6. The summed E-state index contributed by atoms with van der Waals surface area (Å²) in [6, 6.07) is 17.1. The highest BCUT2D eigenvalue weighted by Crippen LogP contribution is 2.34. The Balaban J connectivity index is 1.47. The summed E-state index contributed by atoms with van der Waals surface area (Å²) in [6.45, 7) is 5.11. The second-order valence-electron chi connectivity index (χ2n) is 7.78. The number of nitrogens with zero attached hydrogens (tertiary/aromatic N) is 5. The van der Waals surface area contributed by atoms with Gasteiger partial charge >= 0.3 is 5.69 Å². The Morgan fingerprint density at radius 1 is 1.00 bits per heavy atom. The number of hydrogen-bond acceptors (Lipinski definition) is 8. The standard InChI is InChI=1S/C23H25N7O3/c1-17(31)26-19-7-9-20(10-8-19)27-22-21(30(32)33)23(25-16-24-22)29-13-11-28(12-14-29)15-18-5-3-2-4-6-18/h2-10,16H,11-15H2,1H3,(H,26,31)(H,24,25,27).